The third kappa shape index (κ3) is 2.64. The van der Waals surface area contributed by atoms with Gasteiger partial charge in [0, 0.05) is 13.1 Å². The summed E-state index contributed by atoms with van der Waals surface area (Å²) in [7, 11) is 0. The maximum absolute atomic E-state index is 11.2. The molecule has 1 fully saturated rings. The van der Waals surface area contributed by atoms with Crippen LogP contribution in [-0.2, 0) is 0 Å². The zero-order chi connectivity index (χ0) is 14.2. The molecule has 104 valence electrons. The lowest BCUT2D eigenvalue weighted by molar-refractivity contribution is -0.383. The normalized spacial score (nSPS) is 19.7. The summed E-state index contributed by atoms with van der Waals surface area (Å²) in [5, 5.41) is 11.2. The van der Waals surface area contributed by atoms with Crippen LogP contribution >= 0.6 is 0 Å². The van der Waals surface area contributed by atoms with Gasteiger partial charge in [-0.1, -0.05) is 26.8 Å². The van der Waals surface area contributed by atoms with E-state index in [1.165, 1.54) is 0 Å². The maximum atomic E-state index is 11.2. The summed E-state index contributed by atoms with van der Waals surface area (Å²) in [5.41, 5.74) is 6.89. The van der Waals surface area contributed by atoms with Crippen molar-refractivity contribution in [2.24, 2.45) is 11.3 Å². The number of rotatable bonds is 2. The van der Waals surface area contributed by atoms with Crippen LogP contribution in [-0.4, -0.2) is 18.0 Å². The fraction of sp³-hybridized carbons (Fsp3) is 0.571. The van der Waals surface area contributed by atoms with Gasteiger partial charge >= 0.3 is 5.69 Å². The molecule has 5 nitrogen and oxygen atoms in total. The molecule has 1 heterocycles. The Morgan fingerprint density at radius 1 is 1.42 bits per heavy atom. The van der Waals surface area contributed by atoms with Crippen LogP contribution in [0.2, 0.25) is 0 Å². The molecule has 0 aromatic heterocycles. The minimum absolute atomic E-state index is 0.0389. The molecule has 0 amide bonds. The Hall–Kier alpha value is -1.78. The van der Waals surface area contributed by atoms with Crippen LogP contribution in [0.1, 0.15) is 27.2 Å². The molecule has 1 atom stereocenters. The largest absolute Gasteiger partial charge is 0.393 e. The predicted octanol–water partition coefficient (Wildman–Crippen LogP) is 3.05. The van der Waals surface area contributed by atoms with Gasteiger partial charge in [-0.25, -0.2) is 0 Å². The second-order valence-electron chi connectivity index (χ2n) is 6.27. The van der Waals surface area contributed by atoms with Crippen LogP contribution in [0.5, 0.6) is 0 Å². The minimum atomic E-state index is -0.380. The molecule has 1 aromatic carbocycles. The first-order valence-corrected chi connectivity index (χ1v) is 6.58. The zero-order valence-corrected chi connectivity index (χ0v) is 11.7. The molecule has 0 aliphatic carbocycles. The van der Waals surface area contributed by atoms with E-state index >= 15 is 0 Å². The molecule has 0 radical (unpaired) electrons. The van der Waals surface area contributed by atoms with Crippen LogP contribution in [0, 0.1) is 21.4 Å². The average molecular weight is 263 g/mol. The van der Waals surface area contributed by atoms with Crippen molar-refractivity contribution in [2.75, 3.05) is 23.7 Å². The highest BCUT2D eigenvalue weighted by atomic mass is 16.6. The first-order valence-electron chi connectivity index (χ1n) is 6.58. The lowest BCUT2D eigenvalue weighted by Gasteiger charge is -2.27. The van der Waals surface area contributed by atoms with Gasteiger partial charge in [-0.15, -0.1) is 0 Å². The van der Waals surface area contributed by atoms with E-state index in [9.17, 15) is 10.1 Å². The highest BCUT2D eigenvalue weighted by Gasteiger charge is 2.34. The summed E-state index contributed by atoms with van der Waals surface area (Å²) >= 11 is 0. The highest BCUT2D eigenvalue weighted by molar-refractivity contribution is 5.75. The van der Waals surface area contributed by atoms with Crippen molar-refractivity contribution in [1.82, 2.24) is 0 Å². The van der Waals surface area contributed by atoms with Crippen LogP contribution in [0.4, 0.5) is 17.1 Å². The summed E-state index contributed by atoms with van der Waals surface area (Å²) < 4.78 is 0. The summed E-state index contributed by atoms with van der Waals surface area (Å²) in [6.45, 7) is 8.36. The Labute approximate surface area is 113 Å². The molecule has 5 heteroatoms. The van der Waals surface area contributed by atoms with Crippen molar-refractivity contribution in [1.29, 1.82) is 0 Å². The molecule has 1 unspecified atom stereocenters. The third-order valence-corrected chi connectivity index (χ3v) is 3.98. The Balaban J connectivity index is 2.30. The molecule has 2 rings (SSSR count). The van der Waals surface area contributed by atoms with E-state index in [4.69, 9.17) is 5.73 Å². The Bertz CT molecular complexity index is 494. The molecule has 1 aliphatic heterocycles. The summed E-state index contributed by atoms with van der Waals surface area (Å²) in [5.74, 6) is 0.550. The second-order valence-corrected chi connectivity index (χ2v) is 6.27. The van der Waals surface area contributed by atoms with Gasteiger partial charge in [0.2, 0.25) is 0 Å². The van der Waals surface area contributed by atoms with E-state index < -0.39 is 0 Å². The first kappa shape index (κ1) is 13.6. The lowest BCUT2D eigenvalue weighted by Crippen LogP contribution is -2.26. The number of benzene rings is 1. The number of hydrogen-bond acceptors (Lipinski definition) is 4. The Morgan fingerprint density at radius 2 is 2.11 bits per heavy atom. The van der Waals surface area contributed by atoms with Gasteiger partial charge in [-0.2, -0.15) is 0 Å². The number of nitro benzene ring substituents is 1. The topological polar surface area (TPSA) is 72.4 Å². The van der Waals surface area contributed by atoms with Crippen LogP contribution < -0.4 is 10.6 Å². The van der Waals surface area contributed by atoms with Crippen molar-refractivity contribution >= 4 is 17.1 Å². The van der Waals surface area contributed by atoms with Gasteiger partial charge < -0.3 is 10.6 Å². The molecular formula is C14H21N3O2. The molecule has 2 N–H and O–H groups in total. The maximum Gasteiger partial charge on any atom is 0.315 e. The molecule has 0 saturated carbocycles. The van der Waals surface area contributed by atoms with E-state index in [1.807, 2.05) is 0 Å². The zero-order valence-electron chi connectivity index (χ0n) is 11.7. The number of nitrogens with two attached hydrogens (primary N) is 1. The molecular weight excluding hydrogens is 242 g/mol. The number of nitrogens with zero attached hydrogens (tertiary/aromatic N) is 2. The van der Waals surface area contributed by atoms with Gasteiger partial charge in [-0.3, -0.25) is 10.1 Å². The number of anilines is 2. The minimum Gasteiger partial charge on any atom is -0.393 e. The van der Waals surface area contributed by atoms with E-state index in [1.54, 1.807) is 18.2 Å². The molecule has 1 aliphatic rings. The second kappa shape index (κ2) is 4.72. The molecule has 0 bridgehead atoms. The molecule has 19 heavy (non-hydrogen) atoms. The van der Waals surface area contributed by atoms with Crippen molar-refractivity contribution in [3.05, 3.63) is 28.3 Å². The van der Waals surface area contributed by atoms with E-state index in [-0.39, 0.29) is 21.7 Å². The standard InChI is InChI=1S/C14H21N3O2/c1-14(2,3)10-7-8-16(9-10)12-6-4-5-11(15)13(12)17(18)19/h4-6,10H,7-9,15H2,1-3H3. The van der Waals surface area contributed by atoms with Crippen molar-refractivity contribution < 1.29 is 4.92 Å². The van der Waals surface area contributed by atoms with Crippen LogP contribution in [0.25, 0.3) is 0 Å². The fourth-order valence-electron chi connectivity index (χ4n) is 2.69. The molecule has 1 aromatic rings. The third-order valence-electron chi connectivity index (χ3n) is 3.98. The smallest absolute Gasteiger partial charge is 0.315 e. The summed E-state index contributed by atoms with van der Waals surface area (Å²) in [4.78, 5) is 12.9. The highest BCUT2D eigenvalue weighted by Crippen LogP contribution is 2.40. The van der Waals surface area contributed by atoms with E-state index in [2.05, 4.69) is 25.7 Å². The number of nitrogen functional groups attached to an aromatic ring is 1. The van der Waals surface area contributed by atoms with Gasteiger partial charge in [-0.05, 0) is 29.9 Å². The SMILES string of the molecule is CC(C)(C)C1CCN(c2cccc(N)c2[N+](=O)[O-])C1. The first-order chi connectivity index (χ1) is 8.80. The average Bonchev–Trinajstić information content (AvgIpc) is 2.76. The van der Waals surface area contributed by atoms with Crippen LogP contribution in [0.3, 0.4) is 0 Å². The summed E-state index contributed by atoms with van der Waals surface area (Å²) in [6, 6.07) is 5.15. The van der Waals surface area contributed by atoms with Gasteiger partial charge in [0.25, 0.3) is 0 Å². The Morgan fingerprint density at radius 3 is 2.63 bits per heavy atom. The van der Waals surface area contributed by atoms with Crippen molar-refractivity contribution in [3.8, 4) is 0 Å². The number of nitro groups is 1. The van der Waals surface area contributed by atoms with E-state index in [0.29, 0.717) is 11.6 Å². The molecule has 1 saturated heterocycles. The monoisotopic (exact) mass is 263 g/mol. The lowest BCUT2D eigenvalue weighted by atomic mass is 9.80. The van der Waals surface area contributed by atoms with Crippen LogP contribution in [0.15, 0.2) is 18.2 Å². The van der Waals surface area contributed by atoms with Crippen molar-refractivity contribution in [3.63, 3.8) is 0 Å². The van der Waals surface area contributed by atoms with E-state index in [0.717, 1.165) is 19.5 Å². The number of hydrogen-bond donors (Lipinski definition) is 1. The Kier molecular flexibility index (Phi) is 3.39. The van der Waals surface area contributed by atoms with Gasteiger partial charge in [0.1, 0.15) is 11.4 Å². The fourth-order valence-corrected chi connectivity index (χ4v) is 2.69. The van der Waals surface area contributed by atoms with Gasteiger partial charge in [0.05, 0.1) is 4.92 Å². The predicted molar refractivity (Wildman–Crippen MR) is 77.3 cm³/mol. The number of para-hydroxylation sites is 1. The molecule has 0 spiro atoms. The summed E-state index contributed by atoms with van der Waals surface area (Å²) in [6.07, 6.45) is 1.06. The van der Waals surface area contributed by atoms with Crippen molar-refractivity contribution in [2.45, 2.75) is 27.2 Å². The quantitative estimate of drug-likeness (QED) is 0.505. The van der Waals surface area contributed by atoms with Gasteiger partial charge in [0.15, 0.2) is 0 Å².